The molecule has 110 valence electrons. The van der Waals surface area contributed by atoms with Crippen molar-refractivity contribution < 1.29 is 19.4 Å². The molecular formula is C15H21NO4. The Balaban J connectivity index is 1.98. The van der Waals surface area contributed by atoms with Crippen molar-refractivity contribution in [2.24, 2.45) is 5.92 Å². The van der Waals surface area contributed by atoms with Gasteiger partial charge in [-0.3, -0.25) is 4.79 Å². The summed E-state index contributed by atoms with van der Waals surface area (Å²) in [6.07, 6.45) is 1.94. The molecule has 20 heavy (non-hydrogen) atoms. The van der Waals surface area contributed by atoms with E-state index in [-0.39, 0.29) is 17.7 Å². The fraction of sp³-hybridized carbons (Fsp3) is 0.533. The van der Waals surface area contributed by atoms with Crippen LogP contribution >= 0.6 is 0 Å². The zero-order chi connectivity index (χ0) is 14.5. The number of nitrogens with one attached hydrogen (secondary N) is 1. The zero-order valence-electron chi connectivity index (χ0n) is 11.9. The molecule has 0 aliphatic carbocycles. The van der Waals surface area contributed by atoms with Crippen molar-refractivity contribution in [3.63, 3.8) is 0 Å². The van der Waals surface area contributed by atoms with Crippen LogP contribution in [0.25, 0.3) is 0 Å². The first kappa shape index (κ1) is 14.7. The van der Waals surface area contributed by atoms with Crippen LogP contribution in [-0.4, -0.2) is 37.4 Å². The highest BCUT2D eigenvalue weighted by Gasteiger charge is 2.22. The summed E-state index contributed by atoms with van der Waals surface area (Å²) in [7, 11) is 1.47. The Labute approximate surface area is 118 Å². The van der Waals surface area contributed by atoms with E-state index in [1.54, 1.807) is 12.1 Å². The molecule has 0 saturated carbocycles. The van der Waals surface area contributed by atoms with Gasteiger partial charge in [0.1, 0.15) is 0 Å². The van der Waals surface area contributed by atoms with E-state index < -0.39 is 0 Å². The van der Waals surface area contributed by atoms with Gasteiger partial charge in [-0.15, -0.1) is 0 Å². The number of carbonyl (C=O) groups is 1. The van der Waals surface area contributed by atoms with Crippen LogP contribution in [0.4, 0.5) is 0 Å². The van der Waals surface area contributed by atoms with Gasteiger partial charge in [0, 0.05) is 24.8 Å². The number of benzene rings is 1. The molecule has 1 atom stereocenters. The molecule has 1 fully saturated rings. The minimum atomic E-state index is -0.179. The summed E-state index contributed by atoms with van der Waals surface area (Å²) >= 11 is 0. The van der Waals surface area contributed by atoms with Crippen molar-refractivity contribution in [2.45, 2.75) is 25.8 Å². The third-order valence-corrected chi connectivity index (χ3v) is 3.77. The predicted molar refractivity (Wildman–Crippen MR) is 75.1 cm³/mol. The molecular weight excluding hydrogens is 258 g/mol. The van der Waals surface area contributed by atoms with Crippen LogP contribution in [0.2, 0.25) is 0 Å². The van der Waals surface area contributed by atoms with Gasteiger partial charge in [0.2, 0.25) is 0 Å². The lowest BCUT2D eigenvalue weighted by atomic mass is 9.93. The highest BCUT2D eigenvalue weighted by atomic mass is 16.5. The van der Waals surface area contributed by atoms with E-state index in [0.29, 0.717) is 17.2 Å². The molecule has 2 N–H and O–H groups in total. The quantitative estimate of drug-likeness (QED) is 0.884. The molecule has 1 aromatic rings. The van der Waals surface area contributed by atoms with E-state index in [0.717, 1.165) is 26.1 Å². The second kappa shape index (κ2) is 6.61. The number of hydrogen-bond donors (Lipinski definition) is 2. The number of amides is 1. The predicted octanol–water partition coefficient (Wildman–Crippen LogP) is 1.95. The molecule has 2 rings (SSSR count). The van der Waals surface area contributed by atoms with E-state index in [1.165, 1.54) is 13.2 Å². The lowest BCUT2D eigenvalue weighted by molar-refractivity contribution is 0.0538. The van der Waals surface area contributed by atoms with Crippen molar-refractivity contribution in [3.8, 4) is 11.5 Å². The maximum Gasteiger partial charge on any atom is 0.251 e. The van der Waals surface area contributed by atoms with Gasteiger partial charge in [0.05, 0.1) is 7.11 Å². The molecule has 1 saturated heterocycles. The normalized spacial score (nSPS) is 17.5. The summed E-state index contributed by atoms with van der Waals surface area (Å²) in [5, 5.41) is 12.7. The average Bonchev–Trinajstić information content (AvgIpc) is 2.48. The Bertz CT molecular complexity index is 469. The van der Waals surface area contributed by atoms with Gasteiger partial charge in [0.25, 0.3) is 5.91 Å². The first-order valence-corrected chi connectivity index (χ1v) is 6.87. The molecule has 0 bridgehead atoms. The van der Waals surface area contributed by atoms with Gasteiger partial charge in [-0.2, -0.15) is 0 Å². The fourth-order valence-electron chi connectivity index (χ4n) is 2.46. The van der Waals surface area contributed by atoms with Crippen LogP contribution in [-0.2, 0) is 4.74 Å². The van der Waals surface area contributed by atoms with Gasteiger partial charge in [-0.1, -0.05) is 0 Å². The van der Waals surface area contributed by atoms with Crippen molar-refractivity contribution in [1.29, 1.82) is 0 Å². The third kappa shape index (κ3) is 3.42. The Morgan fingerprint density at radius 3 is 2.75 bits per heavy atom. The van der Waals surface area contributed by atoms with E-state index >= 15 is 0 Å². The van der Waals surface area contributed by atoms with Crippen molar-refractivity contribution in [2.75, 3.05) is 20.3 Å². The van der Waals surface area contributed by atoms with Crippen LogP contribution in [0.1, 0.15) is 30.1 Å². The van der Waals surface area contributed by atoms with Crippen molar-refractivity contribution in [1.82, 2.24) is 5.32 Å². The van der Waals surface area contributed by atoms with E-state index in [9.17, 15) is 9.90 Å². The molecule has 1 amide bonds. The van der Waals surface area contributed by atoms with Crippen LogP contribution in [0.5, 0.6) is 11.5 Å². The van der Waals surface area contributed by atoms with Crippen LogP contribution in [0, 0.1) is 5.92 Å². The molecule has 0 radical (unpaired) electrons. The minimum absolute atomic E-state index is 0.0288. The van der Waals surface area contributed by atoms with Gasteiger partial charge in [-0.25, -0.2) is 0 Å². The second-order valence-electron chi connectivity index (χ2n) is 5.10. The smallest absolute Gasteiger partial charge is 0.251 e. The summed E-state index contributed by atoms with van der Waals surface area (Å²) < 4.78 is 10.3. The Kier molecular flexibility index (Phi) is 4.84. The van der Waals surface area contributed by atoms with Crippen LogP contribution in [0.3, 0.4) is 0 Å². The topological polar surface area (TPSA) is 67.8 Å². The highest BCUT2D eigenvalue weighted by Crippen LogP contribution is 2.26. The molecule has 1 aliphatic rings. The van der Waals surface area contributed by atoms with Gasteiger partial charge in [-0.05, 0) is 43.9 Å². The Hall–Kier alpha value is -1.75. The van der Waals surface area contributed by atoms with Crippen LogP contribution < -0.4 is 10.1 Å². The van der Waals surface area contributed by atoms with Crippen molar-refractivity contribution in [3.05, 3.63) is 23.8 Å². The molecule has 1 heterocycles. The highest BCUT2D eigenvalue weighted by molar-refractivity contribution is 5.95. The molecule has 1 unspecified atom stereocenters. The van der Waals surface area contributed by atoms with Gasteiger partial charge < -0.3 is 19.9 Å². The summed E-state index contributed by atoms with van der Waals surface area (Å²) in [6, 6.07) is 4.74. The molecule has 0 aromatic heterocycles. The lowest BCUT2D eigenvalue weighted by Gasteiger charge is -2.28. The molecule has 1 aromatic carbocycles. The summed E-state index contributed by atoms with van der Waals surface area (Å²) in [4.78, 5) is 12.2. The maximum absolute atomic E-state index is 12.2. The third-order valence-electron chi connectivity index (χ3n) is 3.77. The van der Waals surface area contributed by atoms with E-state index in [4.69, 9.17) is 9.47 Å². The summed E-state index contributed by atoms with van der Waals surface area (Å²) in [6.45, 7) is 3.53. The summed E-state index contributed by atoms with van der Waals surface area (Å²) in [5.74, 6) is 0.597. The molecule has 5 heteroatoms. The first-order chi connectivity index (χ1) is 9.61. The number of methoxy groups -OCH3 is 1. The maximum atomic E-state index is 12.2. The Morgan fingerprint density at radius 1 is 1.45 bits per heavy atom. The number of phenols is 1. The number of phenolic OH excluding ortho intramolecular Hbond substituents is 1. The summed E-state index contributed by atoms with van der Waals surface area (Å²) in [5.41, 5.74) is 0.433. The number of ether oxygens (including phenoxy) is 2. The zero-order valence-corrected chi connectivity index (χ0v) is 11.9. The number of carbonyl (C=O) groups excluding carboxylic acids is 1. The molecule has 5 nitrogen and oxygen atoms in total. The van der Waals surface area contributed by atoms with Gasteiger partial charge >= 0.3 is 0 Å². The first-order valence-electron chi connectivity index (χ1n) is 6.87. The number of hydrogen-bond acceptors (Lipinski definition) is 4. The number of aromatic hydroxyl groups is 1. The monoisotopic (exact) mass is 279 g/mol. The fourth-order valence-corrected chi connectivity index (χ4v) is 2.46. The lowest BCUT2D eigenvalue weighted by Crippen LogP contribution is -2.40. The van der Waals surface area contributed by atoms with Crippen LogP contribution in [0.15, 0.2) is 18.2 Å². The van der Waals surface area contributed by atoms with Crippen molar-refractivity contribution >= 4 is 5.91 Å². The van der Waals surface area contributed by atoms with E-state index in [2.05, 4.69) is 5.32 Å². The average molecular weight is 279 g/mol. The molecule has 0 spiro atoms. The van der Waals surface area contributed by atoms with E-state index in [1.807, 2.05) is 6.92 Å². The SMILES string of the molecule is COc1ccc(C(=O)NC(C)C2CCOCC2)cc1O. The Morgan fingerprint density at radius 2 is 2.15 bits per heavy atom. The van der Waals surface area contributed by atoms with Gasteiger partial charge in [0.15, 0.2) is 11.5 Å². The minimum Gasteiger partial charge on any atom is -0.504 e. The number of rotatable bonds is 4. The standard InChI is InChI=1S/C15H21NO4/c1-10(11-5-7-20-8-6-11)16-15(18)12-3-4-14(19-2)13(17)9-12/h3-4,9-11,17H,5-8H2,1-2H3,(H,16,18). The second-order valence-corrected chi connectivity index (χ2v) is 5.10. The molecule has 1 aliphatic heterocycles. The largest absolute Gasteiger partial charge is 0.504 e.